The molecule has 1 aliphatic rings. The van der Waals surface area contributed by atoms with Gasteiger partial charge in [0, 0.05) is 24.9 Å². The molecule has 0 bridgehead atoms. The van der Waals surface area contributed by atoms with Crippen LogP contribution in [0.2, 0.25) is 0 Å². The van der Waals surface area contributed by atoms with Crippen LogP contribution in [0.1, 0.15) is 84.4 Å². The van der Waals surface area contributed by atoms with Crippen molar-refractivity contribution in [1.29, 1.82) is 0 Å². The van der Waals surface area contributed by atoms with Gasteiger partial charge in [-0.1, -0.05) is 44.2 Å². The highest BCUT2D eigenvalue weighted by molar-refractivity contribution is 7.47. The number of unbranched alkanes of at least 4 members (excludes halogenated alkanes) is 1. The number of aromatic nitrogens is 2. The normalized spacial score (nSPS) is 17.5. The molecule has 0 saturated carbocycles. The Morgan fingerprint density at radius 1 is 0.934 bits per heavy atom. The number of nitrogens with two attached hydrogens (primary N) is 1. The van der Waals surface area contributed by atoms with Crippen LogP contribution in [0.5, 0.6) is 0 Å². The quantitative estimate of drug-likeness (QED) is 0.0455. The molecule has 1 aliphatic heterocycles. The molecule has 0 radical (unpaired) electrons. The fourth-order valence-corrected chi connectivity index (χ4v) is 7.59. The maximum Gasteiger partial charge on any atom is 0.472 e. The Balaban J connectivity index is 1.66. The lowest BCUT2D eigenvalue weighted by atomic mass is 10.0. The van der Waals surface area contributed by atoms with Crippen molar-refractivity contribution >= 4 is 43.3 Å². The number of aryl methyl sites for hydroxylation is 1. The van der Waals surface area contributed by atoms with E-state index in [-0.39, 0.29) is 50.4 Å². The fourth-order valence-electron chi connectivity index (χ4n) is 6.63. The van der Waals surface area contributed by atoms with Crippen LogP contribution in [0.15, 0.2) is 42.9 Å². The number of carbonyl (C=O) groups excluding carboxylic acids is 6. The van der Waals surface area contributed by atoms with E-state index in [4.69, 9.17) is 19.5 Å². The van der Waals surface area contributed by atoms with Crippen LogP contribution in [0.25, 0.3) is 0 Å². The molecule has 0 spiro atoms. The molecule has 7 atom stereocenters. The van der Waals surface area contributed by atoms with Crippen LogP contribution in [0, 0.1) is 5.92 Å². The molecule has 0 aliphatic carbocycles. The van der Waals surface area contributed by atoms with Crippen LogP contribution < -0.4 is 27.0 Å². The number of likely N-dealkylation sites (tertiary alicyclic amines) is 1. The highest BCUT2D eigenvalue weighted by atomic mass is 31.2. The Morgan fingerprint density at radius 2 is 1.61 bits per heavy atom. The van der Waals surface area contributed by atoms with Crippen molar-refractivity contribution < 1.29 is 57.1 Å². The number of ether oxygens (including phenoxy) is 1. The molecule has 1 unspecified atom stereocenters. The average molecular weight is 879 g/mol. The monoisotopic (exact) mass is 878 g/mol. The smallest absolute Gasteiger partial charge is 0.394 e. The van der Waals surface area contributed by atoms with E-state index in [0.29, 0.717) is 37.9 Å². The summed E-state index contributed by atoms with van der Waals surface area (Å²) in [6.07, 6.45) is 4.15. The molecule has 61 heavy (non-hydrogen) atoms. The first-order valence-electron chi connectivity index (χ1n) is 20.6. The Hall–Kier alpha value is -4.72. The van der Waals surface area contributed by atoms with Gasteiger partial charge >= 0.3 is 7.82 Å². The van der Waals surface area contributed by atoms with Gasteiger partial charge in [0.2, 0.25) is 35.4 Å². The number of hydrogen-bond donors (Lipinski definition) is 8. The third-order valence-corrected chi connectivity index (χ3v) is 10.8. The molecule has 6 amide bonds. The number of carbonyl (C=O) groups is 6. The number of amides is 6. The summed E-state index contributed by atoms with van der Waals surface area (Å²) in [4.78, 5) is 98.6. The van der Waals surface area contributed by atoms with E-state index in [2.05, 4.69) is 31.2 Å². The minimum absolute atomic E-state index is 0.0583. The van der Waals surface area contributed by atoms with Crippen molar-refractivity contribution in [3.8, 4) is 0 Å². The van der Waals surface area contributed by atoms with E-state index >= 15 is 0 Å². The average Bonchev–Trinajstić information content (AvgIpc) is 3.91. The summed E-state index contributed by atoms with van der Waals surface area (Å²) in [6, 6.07) is 2.92. The molecule has 2 aromatic rings. The molecule has 2 heterocycles. The number of primary amides is 1. The van der Waals surface area contributed by atoms with E-state index in [0.717, 1.165) is 12.0 Å². The maximum atomic E-state index is 13.9. The number of nitrogens with one attached hydrogen (secondary N) is 5. The second-order valence-corrected chi connectivity index (χ2v) is 17.0. The van der Waals surface area contributed by atoms with E-state index in [1.165, 1.54) is 24.3 Å². The molecule has 1 aromatic carbocycles. The Bertz CT molecular complexity index is 1770. The van der Waals surface area contributed by atoms with Crippen molar-refractivity contribution in [3.63, 3.8) is 0 Å². The number of aliphatic hydroxyl groups excluding tert-OH is 1. The largest absolute Gasteiger partial charge is 0.472 e. The Labute approximate surface area is 356 Å². The fraction of sp³-hybridized carbons (Fsp3) is 0.625. The predicted molar refractivity (Wildman–Crippen MR) is 222 cm³/mol. The third-order valence-electron chi connectivity index (χ3n) is 9.74. The molecule has 340 valence electrons. The molecule has 20 nitrogen and oxygen atoms in total. The number of hydrogen-bond acceptors (Lipinski definition) is 12. The Kier molecular flexibility index (Phi) is 21.0. The SMILES string of the molecule is CC(C)C[C@H](NC(=O)[C@@H]1CCCN1C(=O)CCOC(C)C)C(=O)N[C@@H](Cc1cnc[nH]1)C(=O)N[C@@H](CO)C(=O)N[C@H](C(N)=O)[C@@H](C)OP(=O)(O)OCCCCc1ccccc1. The first kappa shape index (κ1) is 50.6. The number of aliphatic hydroxyl groups is 1. The van der Waals surface area contributed by atoms with Crippen molar-refractivity contribution in [2.45, 2.75) is 128 Å². The Morgan fingerprint density at radius 3 is 2.23 bits per heavy atom. The standard InChI is InChI=1S/C40H63N8O12P/c1-25(2)20-30(45-40(55)33-15-11-17-48(33)34(50)16-19-58-26(3)4)37(52)44-31(21-29-22-42-24-43-29)38(53)46-32(23-49)39(54)47-35(36(41)51)27(5)60-61(56,57)59-18-10-9-14-28-12-7-6-8-13-28/h6-8,12-13,22,24-27,30-33,35,49H,9-11,14-21,23H2,1-5H3,(H2,41,51)(H,42,43)(H,44,52)(H,45,55)(H,46,53)(H,47,54)(H,56,57)/t27-,30+,31+,32+,33+,35+/m1/s1. The van der Waals surface area contributed by atoms with Gasteiger partial charge in [-0.2, -0.15) is 0 Å². The van der Waals surface area contributed by atoms with Crippen LogP contribution >= 0.6 is 7.82 Å². The van der Waals surface area contributed by atoms with Gasteiger partial charge < -0.3 is 51.6 Å². The number of H-pyrrole nitrogens is 1. The molecule has 1 fully saturated rings. The van der Waals surface area contributed by atoms with Crippen molar-refractivity contribution in [3.05, 3.63) is 54.1 Å². The number of imidazole rings is 1. The van der Waals surface area contributed by atoms with Gasteiger partial charge in [-0.25, -0.2) is 9.55 Å². The zero-order valence-electron chi connectivity index (χ0n) is 35.5. The first-order chi connectivity index (χ1) is 28.9. The van der Waals surface area contributed by atoms with Crippen LogP contribution in [-0.2, 0) is 60.0 Å². The highest BCUT2D eigenvalue weighted by Gasteiger charge is 2.38. The van der Waals surface area contributed by atoms with E-state index in [1.54, 1.807) is 0 Å². The van der Waals surface area contributed by atoms with Gasteiger partial charge in [-0.05, 0) is 70.8 Å². The summed E-state index contributed by atoms with van der Waals surface area (Å²) < 4.78 is 28.4. The molecule has 3 rings (SSSR count). The first-order valence-corrected chi connectivity index (χ1v) is 22.1. The molecular weight excluding hydrogens is 815 g/mol. The number of phosphoric ester groups is 1. The third kappa shape index (κ3) is 17.7. The zero-order valence-corrected chi connectivity index (χ0v) is 36.4. The second-order valence-electron chi connectivity index (χ2n) is 15.6. The van der Waals surface area contributed by atoms with Gasteiger partial charge in [0.05, 0.1) is 44.8 Å². The van der Waals surface area contributed by atoms with Crippen molar-refractivity contribution in [1.82, 2.24) is 36.1 Å². The number of benzene rings is 1. The predicted octanol–water partition coefficient (Wildman–Crippen LogP) is 0.766. The molecule has 9 N–H and O–H groups in total. The summed E-state index contributed by atoms with van der Waals surface area (Å²) >= 11 is 0. The van der Waals surface area contributed by atoms with Crippen LogP contribution in [0.4, 0.5) is 0 Å². The number of phosphoric acid groups is 1. The van der Waals surface area contributed by atoms with E-state index in [9.17, 15) is 43.3 Å². The minimum atomic E-state index is -4.73. The lowest BCUT2D eigenvalue weighted by molar-refractivity contribution is -0.140. The zero-order chi connectivity index (χ0) is 45.1. The summed E-state index contributed by atoms with van der Waals surface area (Å²) in [6.45, 7) is 8.09. The van der Waals surface area contributed by atoms with Crippen LogP contribution in [0.3, 0.4) is 0 Å². The second kappa shape index (κ2) is 25.3. The van der Waals surface area contributed by atoms with Crippen LogP contribution in [-0.4, -0.2) is 129 Å². The molecule has 1 aromatic heterocycles. The molecule has 21 heteroatoms. The summed E-state index contributed by atoms with van der Waals surface area (Å²) in [5.74, 6) is -4.76. The van der Waals surface area contributed by atoms with Gasteiger partial charge in [0.1, 0.15) is 30.2 Å². The van der Waals surface area contributed by atoms with E-state index < -0.39 is 80.3 Å². The summed E-state index contributed by atoms with van der Waals surface area (Å²) in [7, 11) is -4.73. The summed E-state index contributed by atoms with van der Waals surface area (Å²) in [5, 5.41) is 20.2. The maximum absolute atomic E-state index is 13.9. The lowest BCUT2D eigenvalue weighted by Gasteiger charge is -2.29. The van der Waals surface area contributed by atoms with Gasteiger partial charge in [0.25, 0.3) is 0 Å². The lowest BCUT2D eigenvalue weighted by Crippen LogP contribution is -2.61. The van der Waals surface area contributed by atoms with Crippen molar-refractivity contribution in [2.24, 2.45) is 11.7 Å². The molecule has 1 saturated heterocycles. The van der Waals surface area contributed by atoms with Gasteiger partial charge in [0.15, 0.2) is 0 Å². The number of nitrogens with zero attached hydrogens (tertiary/aromatic N) is 2. The highest BCUT2D eigenvalue weighted by Crippen LogP contribution is 2.45. The topological polar surface area (TPSA) is 294 Å². The van der Waals surface area contributed by atoms with E-state index in [1.807, 2.05) is 58.0 Å². The van der Waals surface area contributed by atoms with Crippen molar-refractivity contribution in [2.75, 3.05) is 26.4 Å². The summed E-state index contributed by atoms with van der Waals surface area (Å²) in [5.41, 5.74) is 7.02. The van der Waals surface area contributed by atoms with Gasteiger partial charge in [-0.3, -0.25) is 37.8 Å². The number of aromatic amines is 1. The minimum Gasteiger partial charge on any atom is -0.394 e. The molecular formula is C40H63N8O12P. The van der Waals surface area contributed by atoms with Gasteiger partial charge in [-0.15, -0.1) is 0 Å². The number of rotatable bonds is 27.